The molecule has 0 spiro atoms. The van der Waals surface area contributed by atoms with Crippen molar-refractivity contribution in [1.29, 1.82) is 0 Å². The molecule has 26 heavy (non-hydrogen) atoms. The summed E-state index contributed by atoms with van der Waals surface area (Å²) in [6, 6.07) is 2.59. The second kappa shape index (κ2) is 7.88. The number of amides is 1. The van der Waals surface area contributed by atoms with E-state index in [-0.39, 0.29) is 35.0 Å². The Labute approximate surface area is 150 Å². The van der Waals surface area contributed by atoms with Gasteiger partial charge in [-0.3, -0.25) is 14.9 Å². The van der Waals surface area contributed by atoms with E-state index < -0.39 is 10.8 Å². The molecule has 2 saturated heterocycles. The summed E-state index contributed by atoms with van der Waals surface area (Å²) >= 11 is 0. The van der Waals surface area contributed by atoms with Crippen LogP contribution in [-0.4, -0.2) is 62.5 Å². The molecular weight excluding hydrogens is 344 g/mol. The van der Waals surface area contributed by atoms with Crippen LogP contribution in [0.25, 0.3) is 0 Å². The molecular formula is C17H22N2O7. The third-order valence-electron chi connectivity index (χ3n) is 4.71. The summed E-state index contributed by atoms with van der Waals surface area (Å²) in [5.41, 5.74) is -0.315. The van der Waals surface area contributed by atoms with Gasteiger partial charge in [-0.1, -0.05) is 0 Å². The standard InChI is InChI=1S/C17H22N2O7/c1-23-14-8-12(13(19(21)22)9-15(14)24-2)16(20)18-5-3-4-11(10-18)17-25-6-7-26-17/h8-9,11,17H,3-7,10H2,1-2H3. The fourth-order valence-corrected chi connectivity index (χ4v) is 3.43. The lowest BCUT2D eigenvalue weighted by atomic mass is 9.96. The van der Waals surface area contributed by atoms with Crippen LogP contribution in [0, 0.1) is 16.0 Å². The van der Waals surface area contributed by atoms with Crippen molar-refractivity contribution in [3.8, 4) is 11.5 Å². The predicted octanol–water partition coefficient (Wildman–Crippen LogP) is 1.84. The average molecular weight is 366 g/mol. The lowest BCUT2D eigenvalue weighted by molar-refractivity contribution is -0.385. The molecule has 9 heteroatoms. The quantitative estimate of drug-likeness (QED) is 0.579. The minimum Gasteiger partial charge on any atom is -0.493 e. The zero-order chi connectivity index (χ0) is 18.7. The van der Waals surface area contributed by atoms with Crippen LogP contribution in [-0.2, 0) is 9.47 Å². The molecule has 1 aromatic carbocycles. The third kappa shape index (κ3) is 3.58. The molecule has 9 nitrogen and oxygen atoms in total. The number of piperidine rings is 1. The summed E-state index contributed by atoms with van der Waals surface area (Å²) < 4.78 is 21.4. The van der Waals surface area contributed by atoms with Crippen LogP contribution in [0.15, 0.2) is 12.1 Å². The summed E-state index contributed by atoms with van der Waals surface area (Å²) in [7, 11) is 2.81. The largest absolute Gasteiger partial charge is 0.493 e. The number of rotatable bonds is 5. The molecule has 2 heterocycles. The smallest absolute Gasteiger partial charge is 0.286 e. The molecule has 1 aromatic rings. The lowest BCUT2D eigenvalue weighted by Gasteiger charge is -2.34. The highest BCUT2D eigenvalue weighted by atomic mass is 16.7. The first kappa shape index (κ1) is 18.4. The van der Waals surface area contributed by atoms with E-state index in [1.165, 1.54) is 26.4 Å². The van der Waals surface area contributed by atoms with E-state index in [1.54, 1.807) is 4.90 Å². The molecule has 0 saturated carbocycles. The molecule has 0 N–H and O–H groups in total. The van der Waals surface area contributed by atoms with Crippen molar-refractivity contribution < 1.29 is 28.7 Å². The van der Waals surface area contributed by atoms with Crippen LogP contribution < -0.4 is 9.47 Å². The third-order valence-corrected chi connectivity index (χ3v) is 4.71. The number of likely N-dealkylation sites (tertiary alicyclic amines) is 1. The summed E-state index contributed by atoms with van der Waals surface area (Å²) in [5.74, 6) is 0.146. The number of nitro benzene ring substituents is 1. The van der Waals surface area contributed by atoms with Gasteiger partial charge in [0.25, 0.3) is 11.6 Å². The SMILES string of the molecule is COc1cc(C(=O)N2CCCC(C3OCCO3)C2)c([N+](=O)[O-])cc1OC. The Hall–Kier alpha value is -2.39. The van der Waals surface area contributed by atoms with Crippen molar-refractivity contribution in [1.82, 2.24) is 4.90 Å². The van der Waals surface area contributed by atoms with E-state index in [0.717, 1.165) is 12.8 Å². The van der Waals surface area contributed by atoms with E-state index in [0.29, 0.717) is 26.3 Å². The molecule has 142 valence electrons. The molecule has 0 bridgehead atoms. The second-order valence-corrected chi connectivity index (χ2v) is 6.24. The normalized spacial score (nSPS) is 20.8. The molecule has 2 aliphatic heterocycles. The first-order valence-electron chi connectivity index (χ1n) is 8.48. The molecule has 0 aromatic heterocycles. The van der Waals surface area contributed by atoms with Gasteiger partial charge in [-0.25, -0.2) is 0 Å². The zero-order valence-corrected chi connectivity index (χ0v) is 14.8. The van der Waals surface area contributed by atoms with Crippen molar-refractivity contribution in [2.75, 3.05) is 40.5 Å². The minimum absolute atomic E-state index is 0.0124. The summed E-state index contributed by atoms with van der Waals surface area (Å²) in [6.45, 7) is 2.08. The number of benzene rings is 1. The van der Waals surface area contributed by atoms with Crippen LogP contribution in [0.2, 0.25) is 0 Å². The van der Waals surface area contributed by atoms with Crippen molar-refractivity contribution in [3.63, 3.8) is 0 Å². The Bertz CT molecular complexity index is 688. The van der Waals surface area contributed by atoms with Gasteiger partial charge in [0, 0.05) is 25.1 Å². The Kier molecular flexibility index (Phi) is 5.58. The number of hydrogen-bond acceptors (Lipinski definition) is 7. The molecule has 2 fully saturated rings. The van der Waals surface area contributed by atoms with Crippen LogP contribution >= 0.6 is 0 Å². The average Bonchev–Trinajstić information content (AvgIpc) is 3.21. The first-order valence-corrected chi connectivity index (χ1v) is 8.48. The van der Waals surface area contributed by atoms with Crippen LogP contribution in [0.1, 0.15) is 23.2 Å². The summed E-state index contributed by atoms with van der Waals surface area (Å²) in [6.07, 6.45) is 1.37. The topological polar surface area (TPSA) is 100 Å². The van der Waals surface area contributed by atoms with E-state index in [9.17, 15) is 14.9 Å². The molecule has 0 radical (unpaired) electrons. The van der Waals surface area contributed by atoms with Gasteiger partial charge < -0.3 is 23.8 Å². The van der Waals surface area contributed by atoms with Gasteiger partial charge in [-0.15, -0.1) is 0 Å². The Morgan fingerprint density at radius 2 is 1.88 bits per heavy atom. The maximum atomic E-state index is 13.0. The van der Waals surface area contributed by atoms with Gasteiger partial charge in [0.15, 0.2) is 17.8 Å². The molecule has 2 aliphatic rings. The minimum atomic E-state index is -0.584. The highest BCUT2D eigenvalue weighted by Gasteiger charge is 2.35. The molecule has 1 amide bonds. The number of hydrogen-bond donors (Lipinski definition) is 0. The van der Waals surface area contributed by atoms with Crippen molar-refractivity contribution in [2.24, 2.45) is 5.92 Å². The number of nitrogens with zero attached hydrogens (tertiary/aromatic N) is 2. The van der Waals surface area contributed by atoms with Crippen molar-refractivity contribution in [3.05, 3.63) is 27.8 Å². The number of ether oxygens (including phenoxy) is 4. The first-order chi connectivity index (χ1) is 12.5. The van der Waals surface area contributed by atoms with Crippen LogP contribution in [0.3, 0.4) is 0 Å². The number of methoxy groups -OCH3 is 2. The number of carbonyl (C=O) groups excluding carboxylic acids is 1. The van der Waals surface area contributed by atoms with Crippen LogP contribution in [0.5, 0.6) is 11.5 Å². The van der Waals surface area contributed by atoms with Gasteiger partial charge in [-0.05, 0) is 12.8 Å². The van der Waals surface area contributed by atoms with E-state index in [4.69, 9.17) is 18.9 Å². The van der Waals surface area contributed by atoms with Crippen molar-refractivity contribution >= 4 is 11.6 Å². The number of nitro groups is 1. The zero-order valence-electron chi connectivity index (χ0n) is 14.8. The maximum Gasteiger partial charge on any atom is 0.286 e. The van der Waals surface area contributed by atoms with Crippen molar-refractivity contribution in [2.45, 2.75) is 19.1 Å². The highest BCUT2D eigenvalue weighted by Crippen LogP contribution is 2.36. The molecule has 3 rings (SSSR count). The van der Waals surface area contributed by atoms with E-state index >= 15 is 0 Å². The van der Waals surface area contributed by atoms with Crippen LogP contribution in [0.4, 0.5) is 5.69 Å². The summed E-state index contributed by atoms with van der Waals surface area (Å²) in [4.78, 5) is 25.5. The predicted molar refractivity (Wildman–Crippen MR) is 90.5 cm³/mol. The Balaban J connectivity index is 1.87. The van der Waals surface area contributed by atoms with Gasteiger partial charge in [0.05, 0.1) is 38.4 Å². The van der Waals surface area contributed by atoms with E-state index in [1.807, 2.05) is 0 Å². The van der Waals surface area contributed by atoms with Gasteiger partial charge in [0.1, 0.15) is 5.56 Å². The monoisotopic (exact) mass is 366 g/mol. The highest BCUT2D eigenvalue weighted by molar-refractivity contribution is 5.99. The second-order valence-electron chi connectivity index (χ2n) is 6.24. The summed E-state index contributed by atoms with van der Waals surface area (Å²) in [5, 5.41) is 11.4. The Morgan fingerprint density at radius 1 is 1.23 bits per heavy atom. The van der Waals surface area contributed by atoms with Gasteiger partial charge >= 0.3 is 0 Å². The van der Waals surface area contributed by atoms with Gasteiger partial charge in [0.2, 0.25) is 0 Å². The molecule has 0 aliphatic carbocycles. The lowest BCUT2D eigenvalue weighted by Crippen LogP contribution is -2.44. The fourth-order valence-electron chi connectivity index (χ4n) is 3.43. The van der Waals surface area contributed by atoms with Gasteiger partial charge in [-0.2, -0.15) is 0 Å². The fraction of sp³-hybridized carbons (Fsp3) is 0.588. The maximum absolute atomic E-state index is 13.0. The molecule has 1 atom stereocenters. The molecule has 1 unspecified atom stereocenters. The number of carbonyl (C=O) groups is 1. The van der Waals surface area contributed by atoms with E-state index in [2.05, 4.69) is 0 Å². The Morgan fingerprint density at radius 3 is 2.50 bits per heavy atom.